The smallest absolute Gasteiger partial charge is 0.255 e. The van der Waals surface area contributed by atoms with Crippen molar-refractivity contribution in [1.29, 1.82) is 0 Å². The van der Waals surface area contributed by atoms with E-state index in [1.165, 1.54) is 0 Å². The summed E-state index contributed by atoms with van der Waals surface area (Å²) in [7, 11) is 0. The Labute approximate surface area is 142 Å². The molecule has 0 aromatic carbocycles. The number of amides is 1. The zero-order chi connectivity index (χ0) is 17.3. The van der Waals surface area contributed by atoms with Gasteiger partial charge in [0, 0.05) is 18.8 Å². The van der Waals surface area contributed by atoms with Crippen LogP contribution in [0.2, 0.25) is 0 Å². The highest BCUT2D eigenvalue weighted by Crippen LogP contribution is 2.34. The van der Waals surface area contributed by atoms with Crippen molar-refractivity contribution in [3.05, 3.63) is 29.5 Å². The minimum absolute atomic E-state index is 0.0102. The van der Waals surface area contributed by atoms with E-state index in [2.05, 4.69) is 17.2 Å². The number of hydrogen-bond donors (Lipinski definition) is 3. The van der Waals surface area contributed by atoms with Crippen LogP contribution in [-0.4, -0.2) is 39.9 Å². The lowest BCUT2D eigenvalue weighted by Crippen LogP contribution is -2.47. The van der Waals surface area contributed by atoms with Gasteiger partial charge in [0.1, 0.15) is 17.2 Å². The van der Waals surface area contributed by atoms with Gasteiger partial charge in [-0.3, -0.25) is 4.79 Å². The number of pyridine rings is 1. The van der Waals surface area contributed by atoms with Crippen molar-refractivity contribution >= 4 is 17.5 Å². The van der Waals surface area contributed by atoms with Crippen molar-refractivity contribution < 1.29 is 15.0 Å². The second-order valence-electron chi connectivity index (χ2n) is 6.73. The number of anilines is 1. The quantitative estimate of drug-likeness (QED) is 0.790. The summed E-state index contributed by atoms with van der Waals surface area (Å²) in [5.74, 6) is 0.608. The maximum Gasteiger partial charge on any atom is 0.255 e. The molecule has 24 heavy (non-hydrogen) atoms. The summed E-state index contributed by atoms with van der Waals surface area (Å²) in [5, 5.41) is 24.1. The predicted molar refractivity (Wildman–Crippen MR) is 92.4 cm³/mol. The molecule has 1 aliphatic heterocycles. The number of nitrogens with one attached hydrogen (secondary N) is 1. The number of carbonyl (C=O) groups excluding carboxylic acids is 1. The Hall–Kier alpha value is -2.08. The Morgan fingerprint density at radius 2 is 2.08 bits per heavy atom. The van der Waals surface area contributed by atoms with Gasteiger partial charge in [0.25, 0.3) is 5.91 Å². The molecular formula is C18H25N3O3. The number of carbonyl (C=O) groups is 1. The lowest BCUT2D eigenvalue weighted by atomic mass is 9.87. The van der Waals surface area contributed by atoms with E-state index in [0.29, 0.717) is 23.8 Å². The standard InChI is InChI=1S/C18H25N3O3/c1-3-21-16-13(5-4-10-19-16)15(22)14(18(21)24)17(23)20-12-8-6-11(2)7-9-12/h4-5,10-12,18,22,24H,3,6-9H2,1-2H3,(H,20,23)/t11-,12+,18?. The van der Waals surface area contributed by atoms with Crippen molar-refractivity contribution in [2.45, 2.75) is 51.8 Å². The van der Waals surface area contributed by atoms with Crippen LogP contribution in [0.25, 0.3) is 5.76 Å². The highest BCUT2D eigenvalue weighted by molar-refractivity contribution is 6.03. The Morgan fingerprint density at radius 1 is 1.38 bits per heavy atom. The van der Waals surface area contributed by atoms with Gasteiger partial charge in [-0.05, 0) is 50.7 Å². The van der Waals surface area contributed by atoms with Gasteiger partial charge in [-0.25, -0.2) is 4.98 Å². The van der Waals surface area contributed by atoms with Crippen LogP contribution < -0.4 is 10.2 Å². The average molecular weight is 331 g/mol. The Morgan fingerprint density at radius 3 is 2.75 bits per heavy atom. The van der Waals surface area contributed by atoms with E-state index in [1.807, 2.05) is 6.92 Å². The van der Waals surface area contributed by atoms with Crippen molar-refractivity contribution in [3.63, 3.8) is 0 Å². The van der Waals surface area contributed by atoms with E-state index < -0.39 is 12.1 Å². The van der Waals surface area contributed by atoms with Gasteiger partial charge < -0.3 is 20.4 Å². The molecule has 3 rings (SSSR count). The first-order chi connectivity index (χ1) is 11.5. The van der Waals surface area contributed by atoms with Gasteiger partial charge >= 0.3 is 0 Å². The van der Waals surface area contributed by atoms with E-state index in [1.54, 1.807) is 23.2 Å². The molecule has 6 heteroatoms. The van der Waals surface area contributed by atoms with Crippen molar-refractivity contribution in [3.8, 4) is 0 Å². The SMILES string of the molecule is CCN1c2ncccc2C(O)=C(C(=O)N[C@H]2CC[C@@H](C)CC2)C1O. The predicted octanol–water partition coefficient (Wildman–Crippen LogP) is 2.20. The number of hydrogen-bond acceptors (Lipinski definition) is 5. The Balaban J connectivity index is 1.87. The maximum atomic E-state index is 12.7. The number of aliphatic hydroxyl groups excluding tert-OH is 2. The van der Waals surface area contributed by atoms with Gasteiger partial charge in [0.2, 0.25) is 0 Å². The number of aromatic nitrogens is 1. The van der Waals surface area contributed by atoms with Crippen LogP contribution in [0, 0.1) is 5.92 Å². The zero-order valence-electron chi connectivity index (χ0n) is 14.2. The molecule has 1 fully saturated rings. The summed E-state index contributed by atoms with van der Waals surface area (Å²) < 4.78 is 0. The molecule has 1 unspecified atom stereocenters. The van der Waals surface area contributed by atoms with E-state index >= 15 is 0 Å². The molecule has 1 amide bonds. The van der Waals surface area contributed by atoms with Crippen LogP contribution in [0.4, 0.5) is 5.82 Å². The molecule has 2 heterocycles. The number of nitrogens with zero attached hydrogens (tertiary/aromatic N) is 2. The number of aliphatic hydroxyl groups is 2. The zero-order valence-corrected chi connectivity index (χ0v) is 14.2. The summed E-state index contributed by atoms with van der Waals surface area (Å²) in [5.41, 5.74) is 0.489. The lowest BCUT2D eigenvalue weighted by molar-refractivity contribution is -0.119. The summed E-state index contributed by atoms with van der Waals surface area (Å²) in [6.07, 6.45) is 4.47. The summed E-state index contributed by atoms with van der Waals surface area (Å²) in [6.45, 7) is 4.58. The summed E-state index contributed by atoms with van der Waals surface area (Å²) in [4.78, 5) is 18.6. The fourth-order valence-electron chi connectivity index (χ4n) is 3.56. The van der Waals surface area contributed by atoms with Crippen LogP contribution in [-0.2, 0) is 4.79 Å². The van der Waals surface area contributed by atoms with Gasteiger partial charge in [0.15, 0.2) is 6.23 Å². The van der Waals surface area contributed by atoms with Gasteiger partial charge in [-0.1, -0.05) is 6.92 Å². The summed E-state index contributed by atoms with van der Waals surface area (Å²) >= 11 is 0. The van der Waals surface area contributed by atoms with Crippen LogP contribution in [0.15, 0.2) is 23.9 Å². The van der Waals surface area contributed by atoms with Crippen molar-refractivity contribution in [2.75, 3.05) is 11.4 Å². The minimum atomic E-state index is -1.19. The van der Waals surface area contributed by atoms with Crippen LogP contribution in [0.5, 0.6) is 0 Å². The van der Waals surface area contributed by atoms with Crippen LogP contribution in [0.1, 0.15) is 45.1 Å². The van der Waals surface area contributed by atoms with Crippen molar-refractivity contribution in [1.82, 2.24) is 10.3 Å². The molecule has 0 bridgehead atoms. The first-order valence-electron chi connectivity index (χ1n) is 8.67. The number of fused-ring (bicyclic) bond motifs is 1. The molecule has 1 aliphatic carbocycles. The van der Waals surface area contributed by atoms with Gasteiger partial charge in [0.05, 0.1) is 5.56 Å². The minimum Gasteiger partial charge on any atom is -0.507 e. The molecule has 1 atom stereocenters. The largest absolute Gasteiger partial charge is 0.507 e. The van der Waals surface area contributed by atoms with E-state index in [9.17, 15) is 15.0 Å². The van der Waals surface area contributed by atoms with Gasteiger partial charge in [-0.2, -0.15) is 0 Å². The molecule has 1 aromatic rings. The van der Waals surface area contributed by atoms with E-state index in [0.717, 1.165) is 25.7 Å². The molecule has 0 saturated heterocycles. The second-order valence-corrected chi connectivity index (χ2v) is 6.73. The van der Waals surface area contributed by atoms with E-state index in [-0.39, 0.29) is 17.4 Å². The number of likely N-dealkylation sites (N-methyl/N-ethyl adjacent to an activating group) is 1. The molecule has 1 aromatic heterocycles. The van der Waals surface area contributed by atoms with E-state index in [4.69, 9.17) is 0 Å². The number of rotatable bonds is 3. The molecule has 1 saturated carbocycles. The summed E-state index contributed by atoms with van der Waals surface area (Å²) in [6, 6.07) is 3.52. The highest BCUT2D eigenvalue weighted by Gasteiger charge is 2.36. The molecule has 6 nitrogen and oxygen atoms in total. The Kier molecular flexibility index (Phi) is 4.76. The van der Waals surface area contributed by atoms with Crippen LogP contribution in [0.3, 0.4) is 0 Å². The molecule has 0 radical (unpaired) electrons. The van der Waals surface area contributed by atoms with Crippen LogP contribution >= 0.6 is 0 Å². The molecule has 130 valence electrons. The maximum absolute atomic E-state index is 12.7. The molecule has 2 aliphatic rings. The molecule has 0 spiro atoms. The highest BCUT2D eigenvalue weighted by atomic mass is 16.3. The monoisotopic (exact) mass is 331 g/mol. The lowest BCUT2D eigenvalue weighted by Gasteiger charge is -2.35. The second kappa shape index (κ2) is 6.81. The fraction of sp³-hybridized carbons (Fsp3) is 0.556. The molecule has 3 N–H and O–H groups in total. The third kappa shape index (κ3) is 2.98. The molecular weight excluding hydrogens is 306 g/mol. The first-order valence-corrected chi connectivity index (χ1v) is 8.67. The third-order valence-electron chi connectivity index (χ3n) is 5.06. The third-order valence-corrected chi connectivity index (χ3v) is 5.06. The fourth-order valence-corrected chi connectivity index (χ4v) is 3.56. The average Bonchev–Trinajstić information content (AvgIpc) is 2.57. The normalized spacial score (nSPS) is 27.0. The first kappa shape index (κ1) is 16.8. The van der Waals surface area contributed by atoms with Crippen molar-refractivity contribution in [2.24, 2.45) is 5.92 Å². The Bertz CT molecular complexity index is 651. The topological polar surface area (TPSA) is 85.7 Å². The van der Waals surface area contributed by atoms with Gasteiger partial charge in [-0.15, -0.1) is 0 Å².